The molecule has 1 unspecified atom stereocenters. The number of rotatable bonds is 2. The van der Waals surface area contributed by atoms with Crippen LogP contribution in [0.3, 0.4) is 0 Å². The van der Waals surface area contributed by atoms with Gasteiger partial charge in [-0.25, -0.2) is 4.79 Å². The normalized spacial score (nSPS) is 20.5. The Bertz CT molecular complexity index is 378. The minimum absolute atomic E-state index is 0.0215. The number of urea groups is 1. The summed E-state index contributed by atoms with van der Waals surface area (Å²) in [5.74, 6) is 0. The molecule has 1 heterocycles. The van der Waals surface area contributed by atoms with E-state index in [0.717, 1.165) is 11.1 Å². The van der Waals surface area contributed by atoms with Crippen molar-refractivity contribution in [3.63, 3.8) is 0 Å². The second-order valence-electron chi connectivity index (χ2n) is 3.79. The number of benzene rings is 1. The number of amides is 2. The van der Waals surface area contributed by atoms with Gasteiger partial charge in [-0.1, -0.05) is 24.3 Å². The van der Waals surface area contributed by atoms with Crippen LogP contribution in [0.4, 0.5) is 4.79 Å². The number of hydrogen-bond acceptors (Lipinski definition) is 2. The number of nitrogens with two attached hydrogens (primary N) is 1. The van der Waals surface area contributed by atoms with Crippen LogP contribution >= 0.6 is 0 Å². The lowest BCUT2D eigenvalue weighted by molar-refractivity contribution is 0.226. The average Bonchev–Trinajstić information content (AvgIpc) is 2.59. The third-order valence-electron chi connectivity index (χ3n) is 2.75. The van der Waals surface area contributed by atoms with Crippen molar-refractivity contribution >= 4 is 6.03 Å². The van der Waals surface area contributed by atoms with Crippen molar-refractivity contribution in [2.24, 2.45) is 5.73 Å². The summed E-state index contributed by atoms with van der Waals surface area (Å²) in [5, 5.41) is 2.93. The van der Waals surface area contributed by atoms with E-state index < -0.39 is 0 Å². The second-order valence-corrected chi connectivity index (χ2v) is 3.79. The maximum atomic E-state index is 11.3. The Morgan fingerprint density at radius 3 is 2.87 bits per heavy atom. The molecule has 0 aliphatic carbocycles. The van der Waals surface area contributed by atoms with E-state index in [4.69, 9.17) is 5.73 Å². The highest BCUT2D eigenvalue weighted by atomic mass is 16.2. The summed E-state index contributed by atoms with van der Waals surface area (Å²) in [5.41, 5.74) is 7.88. The highest BCUT2D eigenvalue weighted by Gasteiger charge is 2.27. The molecule has 15 heavy (non-hydrogen) atoms. The van der Waals surface area contributed by atoms with Gasteiger partial charge < -0.3 is 16.0 Å². The van der Waals surface area contributed by atoms with Crippen LogP contribution in [0.15, 0.2) is 24.3 Å². The number of carbonyl (C=O) groups excluding carboxylic acids is 1. The first-order valence-electron chi connectivity index (χ1n) is 5.02. The predicted molar refractivity (Wildman–Crippen MR) is 58.2 cm³/mol. The standard InChI is InChI=1S/C11H15N3O/c1-14-7-10(13-11(14)15)9-5-3-2-4-8(9)6-12/h2-5,10H,6-7,12H2,1H3,(H,13,15). The molecular formula is C11H15N3O. The minimum Gasteiger partial charge on any atom is -0.329 e. The lowest BCUT2D eigenvalue weighted by Gasteiger charge is -2.13. The van der Waals surface area contributed by atoms with Crippen LogP contribution in [-0.2, 0) is 6.54 Å². The maximum absolute atomic E-state index is 11.3. The van der Waals surface area contributed by atoms with E-state index in [9.17, 15) is 4.79 Å². The summed E-state index contributed by atoms with van der Waals surface area (Å²) < 4.78 is 0. The minimum atomic E-state index is -0.0215. The van der Waals surface area contributed by atoms with Crippen molar-refractivity contribution in [1.82, 2.24) is 10.2 Å². The second kappa shape index (κ2) is 3.90. The van der Waals surface area contributed by atoms with Crippen molar-refractivity contribution in [2.75, 3.05) is 13.6 Å². The van der Waals surface area contributed by atoms with Crippen LogP contribution in [0.2, 0.25) is 0 Å². The highest BCUT2D eigenvalue weighted by Crippen LogP contribution is 2.22. The van der Waals surface area contributed by atoms with Gasteiger partial charge in [-0.3, -0.25) is 0 Å². The van der Waals surface area contributed by atoms with Crippen LogP contribution < -0.4 is 11.1 Å². The van der Waals surface area contributed by atoms with Crippen molar-refractivity contribution in [3.8, 4) is 0 Å². The van der Waals surface area contributed by atoms with Crippen LogP contribution in [0, 0.1) is 0 Å². The third-order valence-corrected chi connectivity index (χ3v) is 2.75. The molecule has 2 amide bonds. The smallest absolute Gasteiger partial charge is 0.317 e. The largest absolute Gasteiger partial charge is 0.329 e. The van der Waals surface area contributed by atoms with Crippen molar-refractivity contribution in [2.45, 2.75) is 12.6 Å². The summed E-state index contributed by atoms with van der Waals surface area (Å²) in [6, 6.07) is 8.01. The summed E-state index contributed by atoms with van der Waals surface area (Å²) in [7, 11) is 1.79. The van der Waals surface area contributed by atoms with E-state index >= 15 is 0 Å². The molecule has 1 aromatic carbocycles. The van der Waals surface area contributed by atoms with Gasteiger partial charge >= 0.3 is 6.03 Å². The van der Waals surface area contributed by atoms with Gasteiger partial charge in [-0.15, -0.1) is 0 Å². The molecule has 3 N–H and O–H groups in total. The molecule has 0 spiro atoms. The molecule has 4 heteroatoms. The number of nitrogens with one attached hydrogen (secondary N) is 1. The predicted octanol–water partition coefficient (Wildman–Crippen LogP) is 0.841. The summed E-state index contributed by atoms with van der Waals surface area (Å²) >= 11 is 0. The first-order valence-corrected chi connectivity index (χ1v) is 5.02. The van der Waals surface area contributed by atoms with Gasteiger partial charge in [0.1, 0.15) is 0 Å². The zero-order chi connectivity index (χ0) is 10.8. The van der Waals surface area contributed by atoms with Crippen LogP contribution in [-0.4, -0.2) is 24.5 Å². The molecular weight excluding hydrogens is 190 g/mol. The van der Waals surface area contributed by atoms with Gasteiger partial charge in [0, 0.05) is 20.1 Å². The van der Waals surface area contributed by atoms with Gasteiger partial charge in [0.2, 0.25) is 0 Å². The van der Waals surface area contributed by atoms with Crippen molar-refractivity contribution < 1.29 is 4.79 Å². The molecule has 0 saturated carbocycles. The molecule has 80 valence electrons. The molecule has 1 atom stereocenters. The Kier molecular flexibility index (Phi) is 2.60. The zero-order valence-corrected chi connectivity index (χ0v) is 8.73. The molecule has 1 fully saturated rings. The van der Waals surface area contributed by atoms with Crippen molar-refractivity contribution in [3.05, 3.63) is 35.4 Å². The molecule has 1 aliphatic heterocycles. The van der Waals surface area contributed by atoms with Gasteiger partial charge in [-0.2, -0.15) is 0 Å². The van der Waals surface area contributed by atoms with Gasteiger partial charge in [0.25, 0.3) is 0 Å². The van der Waals surface area contributed by atoms with Gasteiger partial charge in [0.15, 0.2) is 0 Å². The fourth-order valence-electron chi connectivity index (χ4n) is 1.90. The number of nitrogens with zero attached hydrogens (tertiary/aromatic N) is 1. The Morgan fingerprint density at radius 1 is 1.53 bits per heavy atom. The lowest BCUT2D eigenvalue weighted by Crippen LogP contribution is -2.24. The molecule has 1 aliphatic rings. The van der Waals surface area contributed by atoms with Gasteiger partial charge in [0.05, 0.1) is 6.04 Å². The van der Waals surface area contributed by atoms with Crippen LogP contribution in [0.25, 0.3) is 0 Å². The maximum Gasteiger partial charge on any atom is 0.317 e. The average molecular weight is 205 g/mol. The Labute approximate surface area is 89.1 Å². The fraction of sp³-hybridized carbons (Fsp3) is 0.364. The highest BCUT2D eigenvalue weighted by molar-refractivity contribution is 5.77. The van der Waals surface area contributed by atoms with Crippen molar-refractivity contribution in [1.29, 1.82) is 0 Å². The third kappa shape index (κ3) is 1.80. The van der Waals surface area contributed by atoms with E-state index in [1.54, 1.807) is 11.9 Å². The topological polar surface area (TPSA) is 58.4 Å². The quantitative estimate of drug-likeness (QED) is 0.751. The first-order chi connectivity index (χ1) is 7.22. The molecule has 4 nitrogen and oxygen atoms in total. The number of hydrogen-bond donors (Lipinski definition) is 2. The molecule has 1 aromatic rings. The summed E-state index contributed by atoms with van der Waals surface area (Å²) in [6.45, 7) is 1.21. The molecule has 0 bridgehead atoms. The molecule has 0 radical (unpaired) electrons. The van der Waals surface area contributed by atoms with E-state index in [-0.39, 0.29) is 12.1 Å². The summed E-state index contributed by atoms with van der Waals surface area (Å²) in [4.78, 5) is 13.0. The van der Waals surface area contributed by atoms with Crippen LogP contribution in [0.1, 0.15) is 17.2 Å². The zero-order valence-electron chi connectivity index (χ0n) is 8.73. The SMILES string of the molecule is CN1CC(c2ccccc2CN)NC1=O. The fourth-order valence-corrected chi connectivity index (χ4v) is 1.90. The van der Waals surface area contributed by atoms with E-state index in [2.05, 4.69) is 5.32 Å². The lowest BCUT2D eigenvalue weighted by atomic mass is 10.0. The van der Waals surface area contributed by atoms with E-state index in [0.29, 0.717) is 13.1 Å². The molecule has 1 saturated heterocycles. The number of likely N-dealkylation sites (N-methyl/N-ethyl adjacent to an activating group) is 1. The Balaban J connectivity index is 2.27. The molecule has 2 rings (SSSR count). The first kappa shape index (κ1) is 9.98. The van der Waals surface area contributed by atoms with Gasteiger partial charge in [-0.05, 0) is 11.1 Å². The van der Waals surface area contributed by atoms with E-state index in [1.165, 1.54) is 0 Å². The Hall–Kier alpha value is -1.55. The number of carbonyl (C=O) groups is 1. The monoisotopic (exact) mass is 205 g/mol. The van der Waals surface area contributed by atoms with Crippen LogP contribution in [0.5, 0.6) is 0 Å². The molecule has 0 aromatic heterocycles. The Morgan fingerprint density at radius 2 is 2.27 bits per heavy atom. The summed E-state index contributed by atoms with van der Waals surface area (Å²) in [6.07, 6.45) is 0. The van der Waals surface area contributed by atoms with E-state index in [1.807, 2.05) is 24.3 Å².